The van der Waals surface area contributed by atoms with Crippen molar-refractivity contribution in [1.82, 2.24) is 5.32 Å². The second-order valence-corrected chi connectivity index (χ2v) is 6.40. The average Bonchev–Trinajstić information content (AvgIpc) is 2.40. The molecule has 1 atom stereocenters. The number of alkyl halides is 2. The predicted molar refractivity (Wildman–Crippen MR) is 79.2 cm³/mol. The Bertz CT molecular complexity index is 439. The summed E-state index contributed by atoms with van der Waals surface area (Å²) < 4.78 is 40.7. The lowest BCUT2D eigenvalue weighted by Crippen LogP contribution is -2.46. The van der Waals surface area contributed by atoms with Gasteiger partial charge in [-0.3, -0.25) is 0 Å². The van der Waals surface area contributed by atoms with Gasteiger partial charge in [0.15, 0.2) is 0 Å². The molecule has 10 heteroatoms. The molecule has 0 spiro atoms. The largest absolute Gasteiger partial charge is 0.467 e. The van der Waals surface area contributed by atoms with Gasteiger partial charge in [0.2, 0.25) is 0 Å². The lowest BCUT2D eigenvalue weighted by atomic mass is 10.2. The minimum atomic E-state index is -3.85. The van der Waals surface area contributed by atoms with Crippen LogP contribution in [-0.4, -0.2) is 54.4 Å². The molecule has 7 nitrogen and oxygen atoms in total. The number of hydrogen-bond acceptors (Lipinski definition) is 7. The Morgan fingerprint density at radius 3 is 2.22 bits per heavy atom. The van der Waals surface area contributed by atoms with Gasteiger partial charge >= 0.3 is 23.3 Å². The van der Waals surface area contributed by atoms with Crippen LogP contribution in [0.4, 0.5) is 13.6 Å². The Hall–Kier alpha value is -1.58. The molecule has 0 radical (unpaired) electrons. The first-order chi connectivity index (χ1) is 10.4. The summed E-state index contributed by atoms with van der Waals surface area (Å²) in [7, 11) is 1.04. The van der Waals surface area contributed by atoms with Crippen molar-refractivity contribution >= 4 is 29.8 Å². The molecule has 0 saturated heterocycles. The highest BCUT2D eigenvalue weighted by atomic mass is 32.2. The lowest BCUT2D eigenvalue weighted by Gasteiger charge is -2.23. The van der Waals surface area contributed by atoms with Gasteiger partial charge in [-0.25, -0.2) is 14.4 Å². The summed E-state index contributed by atoms with van der Waals surface area (Å²) in [5.74, 6) is -3.26. The topological polar surface area (TPSA) is 90.9 Å². The van der Waals surface area contributed by atoms with Crippen LogP contribution in [0.3, 0.4) is 0 Å². The van der Waals surface area contributed by atoms with Gasteiger partial charge in [0.05, 0.1) is 13.7 Å². The van der Waals surface area contributed by atoms with Crippen molar-refractivity contribution in [2.24, 2.45) is 0 Å². The zero-order chi connectivity index (χ0) is 18.3. The normalized spacial score (nSPS) is 13.0. The first-order valence-electron chi connectivity index (χ1n) is 6.69. The summed E-state index contributed by atoms with van der Waals surface area (Å²) in [6, 6.07) is -1.40. The van der Waals surface area contributed by atoms with Crippen molar-refractivity contribution in [3.8, 4) is 0 Å². The molecule has 0 aromatic carbocycles. The quantitative estimate of drug-likeness (QED) is 0.550. The Balaban J connectivity index is 4.78. The first kappa shape index (κ1) is 21.4. The Morgan fingerprint density at radius 2 is 1.78 bits per heavy atom. The van der Waals surface area contributed by atoms with Crippen LogP contribution < -0.4 is 5.32 Å². The van der Waals surface area contributed by atoms with Crippen molar-refractivity contribution in [1.29, 1.82) is 0 Å². The number of hydrogen-bond donors (Lipinski definition) is 1. The van der Waals surface area contributed by atoms with Crippen molar-refractivity contribution in [3.63, 3.8) is 0 Å². The van der Waals surface area contributed by atoms with E-state index in [9.17, 15) is 23.2 Å². The lowest BCUT2D eigenvalue weighted by molar-refractivity contribution is -0.159. The molecule has 0 rings (SSSR count). The molecule has 0 unspecified atom stereocenters. The van der Waals surface area contributed by atoms with E-state index in [-0.39, 0.29) is 18.4 Å². The molecule has 0 heterocycles. The molecule has 23 heavy (non-hydrogen) atoms. The van der Waals surface area contributed by atoms with E-state index in [1.807, 2.05) is 0 Å². The summed E-state index contributed by atoms with van der Waals surface area (Å²) in [6.45, 7) is 5.99. The Morgan fingerprint density at radius 1 is 1.22 bits per heavy atom. The average molecular weight is 357 g/mol. The standard InChI is InChI=1S/C13H21F2NO6S/c1-6-21-10(18)13(14,15)23-7-8(9(17)20-5)16-11(19)22-12(2,3)4/h8H,6-7H2,1-5H3,(H,16,19)/t8-/m0/s1. The van der Waals surface area contributed by atoms with Crippen LogP contribution in [0.25, 0.3) is 0 Å². The fourth-order valence-corrected chi connectivity index (χ4v) is 1.99. The number of alkyl carbamates (subject to hydrolysis) is 1. The molecule has 0 aromatic heterocycles. The third kappa shape index (κ3) is 8.58. The van der Waals surface area contributed by atoms with Crippen molar-refractivity contribution < 1.29 is 37.4 Å². The Kier molecular flexibility index (Phi) is 8.29. The number of halogens is 2. The number of rotatable bonds is 7. The first-order valence-corrected chi connectivity index (χ1v) is 7.67. The molecule has 0 fully saturated rings. The van der Waals surface area contributed by atoms with Crippen LogP contribution in [0.1, 0.15) is 27.7 Å². The summed E-state index contributed by atoms with van der Waals surface area (Å²) in [4.78, 5) is 34.3. The molecule has 0 aromatic rings. The second-order valence-electron chi connectivity index (χ2n) is 5.27. The summed E-state index contributed by atoms with van der Waals surface area (Å²) in [6.07, 6.45) is -0.965. The molecule has 0 saturated carbocycles. The van der Waals surface area contributed by atoms with E-state index < -0.39 is 40.7 Å². The predicted octanol–water partition coefficient (Wildman–Crippen LogP) is 1.94. The van der Waals surface area contributed by atoms with E-state index in [1.54, 1.807) is 20.8 Å². The van der Waals surface area contributed by atoms with Crippen LogP contribution in [0.15, 0.2) is 0 Å². The van der Waals surface area contributed by atoms with Crippen LogP contribution in [0.5, 0.6) is 0 Å². The van der Waals surface area contributed by atoms with Crippen LogP contribution in [0.2, 0.25) is 0 Å². The summed E-state index contributed by atoms with van der Waals surface area (Å²) in [5.41, 5.74) is -0.827. The third-order valence-electron chi connectivity index (χ3n) is 2.12. The maximum absolute atomic E-state index is 13.5. The van der Waals surface area contributed by atoms with Gasteiger partial charge in [0, 0.05) is 5.75 Å². The highest BCUT2D eigenvalue weighted by Crippen LogP contribution is 2.31. The van der Waals surface area contributed by atoms with Crippen molar-refractivity contribution in [3.05, 3.63) is 0 Å². The molecular formula is C13H21F2NO6S. The Labute approximate surface area is 137 Å². The molecule has 1 amide bonds. The van der Waals surface area contributed by atoms with E-state index in [0.717, 1.165) is 7.11 Å². The van der Waals surface area contributed by atoms with Crippen LogP contribution >= 0.6 is 11.8 Å². The van der Waals surface area contributed by atoms with Crippen molar-refractivity contribution in [2.75, 3.05) is 19.5 Å². The number of methoxy groups -OCH3 is 1. The number of nitrogens with one attached hydrogen (secondary N) is 1. The number of thioether (sulfide) groups is 1. The van der Waals surface area contributed by atoms with E-state index in [0.29, 0.717) is 0 Å². The van der Waals surface area contributed by atoms with Crippen LogP contribution in [0, 0.1) is 0 Å². The van der Waals surface area contributed by atoms with E-state index in [4.69, 9.17) is 4.74 Å². The highest BCUT2D eigenvalue weighted by molar-refractivity contribution is 8.01. The summed E-state index contributed by atoms with van der Waals surface area (Å²) in [5, 5.41) is -1.72. The molecule has 0 aliphatic heterocycles. The fourth-order valence-electron chi connectivity index (χ4n) is 1.22. The number of ether oxygens (including phenoxy) is 3. The SMILES string of the molecule is CCOC(=O)C(F)(F)SC[C@H](NC(=O)OC(C)(C)C)C(=O)OC. The molecule has 1 N–H and O–H groups in total. The van der Waals surface area contributed by atoms with Gasteiger partial charge < -0.3 is 19.5 Å². The highest BCUT2D eigenvalue weighted by Gasteiger charge is 2.42. The summed E-state index contributed by atoms with van der Waals surface area (Å²) >= 11 is -0.140. The van der Waals surface area contributed by atoms with Gasteiger partial charge in [-0.05, 0) is 27.7 Å². The minimum absolute atomic E-state index is 0.140. The smallest absolute Gasteiger partial charge is 0.408 e. The number of amides is 1. The monoisotopic (exact) mass is 357 g/mol. The minimum Gasteiger partial charge on any atom is -0.467 e. The maximum Gasteiger partial charge on any atom is 0.408 e. The zero-order valence-electron chi connectivity index (χ0n) is 13.6. The zero-order valence-corrected chi connectivity index (χ0v) is 14.4. The van der Waals surface area contributed by atoms with Crippen LogP contribution in [-0.2, 0) is 23.8 Å². The third-order valence-corrected chi connectivity index (χ3v) is 3.15. The van der Waals surface area contributed by atoms with Gasteiger partial charge in [-0.1, -0.05) is 11.8 Å². The molecule has 134 valence electrons. The number of esters is 2. The molecular weight excluding hydrogens is 336 g/mol. The molecule has 0 aliphatic rings. The second kappa shape index (κ2) is 8.90. The number of carbonyl (C=O) groups excluding carboxylic acids is 3. The maximum atomic E-state index is 13.5. The van der Waals surface area contributed by atoms with E-state index >= 15 is 0 Å². The molecule has 0 aliphatic carbocycles. The molecule has 0 bridgehead atoms. The van der Waals surface area contributed by atoms with E-state index in [1.165, 1.54) is 6.92 Å². The van der Waals surface area contributed by atoms with Gasteiger partial charge in [0.25, 0.3) is 0 Å². The number of carbonyl (C=O) groups is 3. The van der Waals surface area contributed by atoms with Gasteiger partial charge in [-0.15, -0.1) is 0 Å². The van der Waals surface area contributed by atoms with E-state index in [2.05, 4.69) is 14.8 Å². The fraction of sp³-hybridized carbons (Fsp3) is 0.769. The van der Waals surface area contributed by atoms with Gasteiger partial charge in [0.1, 0.15) is 11.6 Å². The van der Waals surface area contributed by atoms with Crippen molar-refractivity contribution in [2.45, 2.75) is 44.6 Å². The van der Waals surface area contributed by atoms with Gasteiger partial charge in [-0.2, -0.15) is 8.78 Å².